The van der Waals surface area contributed by atoms with Crippen LogP contribution in [-0.2, 0) is 24.3 Å². The Bertz CT molecular complexity index is 937. The van der Waals surface area contributed by atoms with Gasteiger partial charge in [-0.2, -0.15) is 0 Å². The maximum Gasteiger partial charge on any atom is 0.257 e. The molecule has 1 unspecified atom stereocenters. The standard InChI is InChI=1S/C22H29N5O2/c1-15-4-3-10-27(12-15)22-24-20-9-11-26(14-19(20)21(29)25-22)13-17-5-7-18(8-6-17)23-16(2)28/h5-8,15H,3-4,9-14H2,1-2H3,(H,23,28)(H,24,25,29). The van der Waals surface area contributed by atoms with E-state index in [1.54, 1.807) is 0 Å². The van der Waals surface area contributed by atoms with Gasteiger partial charge < -0.3 is 10.2 Å². The highest BCUT2D eigenvalue weighted by molar-refractivity contribution is 5.88. The lowest BCUT2D eigenvalue weighted by Gasteiger charge is -2.33. The Kier molecular flexibility index (Phi) is 5.67. The lowest BCUT2D eigenvalue weighted by atomic mass is 10.0. The molecular weight excluding hydrogens is 366 g/mol. The third-order valence-corrected chi connectivity index (χ3v) is 5.77. The van der Waals surface area contributed by atoms with Crippen molar-refractivity contribution in [2.24, 2.45) is 5.92 Å². The number of piperidine rings is 1. The van der Waals surface area contributed by atoms with Gasteiger partial charge >= 0.3 is 0 Å². The van der Waals surface area contributed by atoms with Crippen LogP contribution in [0.15, 0.2) is 29.1 Å². The molecule has 3 heterocycles. The fourth-order valence-corrected chi connectivity index (χ4v) is 4.29. The number of carbonyl (C=O) groups excluding carboxylic acids is 1. The van der Waals surface area contributed by atoms with E-state index in [9.17, 15) is 9.59 Å². The van der Waals surface area contributed by atoms with Gasteiger partial charge in [-0.25, -0.2) is 4.98 Å². The van der Waals surface area contributed by atoms with Crippen LogP contribution in [-0.4, -0.2) is 40.4 Å². The summed E-state index contributed by atoms with van der Waals surface area (Å²) in [5.74, 6) is 1.30. The van der Waals surface area contributed by atoms with Crippen molar-refractivity contribution in [3.05, 3.63) is 51.4 Å². The number of nitrogens with zero attached hydrogens (tertiary/aromatic N) is 3. The zero-order valence-corrected chi connectivity index (χ0v) is 17.2. The normalized spacial score (nSPS) is 19.7. The van der Waals surface area contributed by atoms with Crippen molar-refractivity contribution in [2.75, 3.05) is 29.9 Å². The predicted molar refractivity (Wildman–Crippen MR) is 114 cm³/mol. The minimum Gasteiger partial charge on any atom is -0.342 e. The van der Waals surface area contributed by atoms with Crippen LogP contribution >= 0.6 is 0 Å². The van der Waals surface area contributed by atoms with Gasteiger partial charge in [-0.3, -0.25) is 19.5 Å². The van der Waals surface area contributed by atoms with Crippen molar-refractivity contribution in [1.29, 1.82) is 0 Å². The first-order valence-corrected chi connectivity index (χ1v) is 10.4. The molecule has 1 atom stereocenters. The van der Waals surface area contributed by atoms with Crippen LogP contribution < -0.4 is 15.8 Å². The average Bonchev–Trinajstić information content (AvgIpc) is 2.69. The minimum absolute atomic E-state index is 0.00562. The average molecular weight is 396 g/mol. The van der Waals surface area contributed by atoms with Gasteiger partial charge in [0, 0.05) is 51.8 Å². The largest absolute Gasteiger partial charge is 0.342 e. The van der Waals surface area contributed by atoms with Crippen molar-refractivity contribution in [3.63, 3.8) is 0 Å². The summed E-state index contributed by atoms with van der Waals surface area (Å²) in [5, 5.41) is 2.78. The number of aromatic amines is 1. The van der Waals surface area contributed by atoms with Gasteiger partial charge in [0.25, 0.3) is 5.56 Å². The van der Waals surface area contributed by atoms with Crippen LogP contribution in [0.25, 0.3) is 0 Å². The van der Waals surface area contributed by atoms with Gasteiger partial charge in [-0.1, -0.05) is 19.1 Å². The smallest absolute Gasteiger partial charge is 0.257 e. The van der Waals surface area contributed by atoms with Crippen molar-refractivity contribution in [1.82, 2.24) is 14.9 Å². The van der Waals surface area contributed by atoms with E-state index in [1.807, 2.05) is 24.3 Å². The number of fused-ring (bicyclic) bond motifs is 1. The first-order chi connectivity index (χ1) is 14.0. The molecule has 0 radical (unpaired) electrons. The van der Waals surface area contributed by atoms with E-state index in [-0.39, 0.29) is 11.5 Å². The predicted octanol–water partition coefficient (Wildman–Crippen LogP) is 2.52. The van der Waals surface area contributed by atoms with E-state index in [1.165, 1.54) is 13.3 Å². The molecule has 2 aromatic rings. The number of aromatic nitrogens is 2. The third-order valence-electron chi connectivity index (χ3n) is 5.77. The summed E-state index contributed by atoms with van der Waals surface area (Å²) in [6, 6.07) is 7.86. The number of H-pyrrole nitrogens is 1. The number of anilines is 2. The fraction of sp³-hybridized carbons (Fsp3) is 0.500. The summed E-state index contributed by atoms with van der Waals surface area (Å²) in [5.41, 5.74) is 3.68. The van der Waals surface area contributed by atoms with Gasteiger partial charge in [-0.05, 0) is 36.5 Å². The molecule has 1 aromatic carbocycles. The zero-order chi connectivity index (χ0) is 20.4. The van der Waals surface area contributed by atoms with Gasteiger partial charge in [0.1, 0.15) is 0 Å². The summed E-state index contributed by atoms with van der Waals surface area (Å²) in [4.78, 5) is 36.2. The van der Waals surface area contributed by atoms with Crippen LogP contribution in [0.4, 0.5) is 11.6 Å². The maximum absolute atomic E-state index is 12.8. The molecule has 1 amide bonds. The zero-order valence-electron chi connectivity index (χ0n) is 17.2. The highest BCUT2D eigenvalue weighted by atomic mass is 16.1. The number of amides is 1. The Morgan fingerprint density at radius 3 is 2.79 bits per heavy atom. The van der Waals surface area contributed by atoms with Crippen molar-refractivity contribution in [3.8, 4) is 0 Å². The van der Waals surface area contributed by atoms with E-state index >= 15 is 0 Å². The van der Waals surface area contributed by atoms with Gasteiger partial charge in [0.15, 0.2) is 0 Å². The number of hydrogen-bond donors (Lipinski definition) is 2. The molecule has 0 spiro atoms. The van der Waals surface area contributed by atoms with Crippen LogP contribution in [0, 0.1) is 5.92 Å². The molecule has 2 aliphatic heterocycles. The molecule has 4 rings (SSSR count). The van der Waals surface area contributed by atoms with Crippen LogP contribution in [0.5, 0.6) is 0 Å². The molecule has 29 heavy (non-hydrogen) atoms. The van der Waals surface area contributed by atoms with Crippen molar-refractivity contribution in [2.45, 2.75) is 46.2 Å². The Morgan fingerprint density at radius 1 is 1.28 bits per heavy atom. The summed E-state index contributed by atoms with van der Waals surface area (Å²) in [6.07, 6.45) is 3.18. The van der Waals surface area contributed by atoms with E-state index in [2.05, 4.69) is 27.0 Å². The Labute approximate surface area is 171 Å². The van der Waals surface area contributed by atoms with E-state index in [0.717, 1.165) is 67.5 Å². The van der Waals surface area contributed by atoms with Crippen molar-refractivity contribution < 1.29 is 4.79 Å². The Hall–Kier alpha value is -2.67. The SMILES string of the molecule is CC(=O)Nc1ccc(CN2CCc3nc(N4CCCC(C)C4)[nH]c(=O)c3C2)cc1. The summed E-state index contributed by atoms with van der Waals surface area (Å²) in [7, 11) is 0. The Balaban J connectivity index is 1.44. The quantitative estimate of drug-likeness (QED) is 0.831. The topological polar surface area (TPSA) is 81.3 Å². The molecule has 1 fully saturated rings. The van der Waals surface area contributed by atoms with Crippen LogP contribution in [0.2, 0.25) is 0 Å². The molecule has 2 aliphatic rings. The molecular formula is C22H29N5O2. The summed E-state index contributed by atoms with van der Waals surface area (Å²) in [6.45, 7) is 7.94. The lowest BCUT2D eigenvalue weighted by molar-refractivity contribution is -0.114. The number of benzene rings is 1. The number of nitrogens with one attached hydrogen (secondary N) is 2. The Morgan fingerprint density at radius 2 is 2.07 bits per heavy atom. The molecule has 154 valence electrons. The molecule has 0 aliphatic carbocycles. The first-order valence-electron chi connectivity index (χ1n) is 10.4. The minimum atomic E-state index is -0.0736. The molecule has 1 saturated heterocycles. The number of rotatable bonds is 4. The molecule has 1 aromatic heterocycles. The molecule has 0 saturated carbocycles. The van der Waals surface area contributed by atoms with Gasteiger partial charge in [0.2, 0.25) is 11.9 Å². The first kappa shape index (κ1) is 19.6. The van der Waals surface area contributed by atoms with E-state index in [4.69, 9.17) is 4.98 Å². The molecule has 7 heteroatoms. The van der Waals surface area contributed by atoms with E-state index < -0.39 is 0 Å². The van der Waals surface area contributed by atoms with Gasteiger partial charge in [-0.15, -0.1) is 0 Å². The monoisotopic (exact) mass is 395 g/mol. The summed E-state index contributed by atoms with van der Waals surface area (Å²) >= 11 is 0. The van der Waals surface area contributed by atoms with Crippen LogP contribution in [0.1, 0.15) is 43.5 Å². The lowest BCUT2D eigenvalue weighted by Crippen LogP contribution is -2.39. The van der Waals surface area contributed by atoms with E-state index in [0.29, 0.717) is 12.5 Å². The fourth-order valence-electron chi connectivity index (χ4n) is 4.29. The van der Waals surface area contributed by atoms with Crippen molar-refractivity contribution >= 4 is 17.5 Å². The second-order valence-corrected chi connectivity index (χ2v) is 8.35. The van der Waals surface area contributed by atoms with Crippen LogP contribution in [0.3, 0.4) is 0 Å². The third kappa shape index (κ3) is 4.67. The second kappa shape index (κ2) is 8.37. The molecule has 0 bridgehead atoms. The number of carbonyl (C=O) groups is 1. The molecule has 7 nitrogen and oxygen atoms in total. The summed E-state index contributed by atoms with van der Waals surface area (Å²) < 4.78 is 0. The molecule has 2 N–H and O–H groups in total. The van der Waals surface area contributed by atoms with Gasteiger partial charge in [0.05, 0.1) is 11.3 Å². The number of hydrogen-bond acceptors (Lipinski definition) is 5. The highest BCUT2D eigenvalue weighted by Crippen LogP contribution is 2.22. The highest BCUT2D eigenvalue weighted by Gasteiger charge is 2.24. The maximum atomic E-state index is 12.8. The second-order valence-electron chi connectivity index (χ2n) is 8.35.